The Morgan fingerprint density at radius 2 is 2.00 bits per heavy atom. The maximum absolute atomic E-state index is 12.8. The fourth-order valence-corrected chi connectivity index (χ4v) is 3.33. The molecule has 0 bridgehead atoms. The van der Waals surface area contributed by atoms with E-state index in [0.717, 1.165) is 23.1 Å². The molecule has 2 amide bonds. The third-order valence-electron chi connectivity index (χ3n) is 4.29. The summed E-state index contributed by atoms with van der Waals surface area (Å²) in [5.41, 5.74) is 2.95. The lowest BCUT2D eigenvalue weighted by molar-refractivity contribution is -0.139. The van der Waals surface area contributed by atoms with Crippen LogP contribution >= 0.6 is 11.6 Å². The predicted molar refractivity (Wildman–Crippen MR) is 93.6 cm³/mol. The van der Waals surface area contributed by atoms with E-state index < -0.39 is 6.04 Å². The van der Waals surface area contributed by atoms with Crippen LogP contribution in [-0.4, -0.2) is 23.3 Å². The normalized spacial score (nSPS) is 16.4. The first-order valence-corrected chi connectivity index (χ1v) is 8.31. The molecule has 4 nitrogen and oxygen atoms in total. The van der Waals surface area contributed by atoms with Gasteiger partial charge in [0.05, 0.1) is 0 Å². The molecule has 0 unspecified atom stereocenters. The van der Waals surface area contributed by atoms with E-state index in [1.165, 1.54) is 6.92 Å². The number of hydrogen-bond donors (Lipinski definition) is 1. The van der Waals surface area contributed by atoms with Crippen LogP contribution in [0.3, 0.4) is 0 Å². The van der Waals surface area contributed by atoms with Gasteiger partial charge in [-0.1, -0.05) is 48.0 Å². The first-order chi connectivity index (χ1) is 11.6. The zero-order valence-corrected chi connectivity index (χ0v) is 14.2. The first-order valence-electron chi connectivity index (χ1n) is 7.93. The maximum atomic E-state index is 12.8. The van der Waals surface area contributed by atoms with Crippen molar-refractivity contribution in [3.8, 4) is 0 Å². The van der Waals surface area contributed by atoms with Crippen LogP contribution in [0.1, 0.15) is 29.7 Å². The molecule has 0 saturated carbocycles. The highest BCUT2D eigenvalue weighted by atomic mass is 35.5. The van der Waals surface area contributed by atoms with E-state index in [2.05, 4.69) is 5.32 Å². The van der Waals surface area contributed by atoms with E-state index in [1.54, 1.807) is 11.0 Å². The van der Waals surface area contributed by atoms with Gasteiger partial charge in [0.15, 0.2) is 0 Å². The quantitative estimate of drug-likeness (QED) is 0.931. The highest BCUT2D eigenvalue weighted by molar-refractivity contribution is 6.30. The summed E-state index contributed by atoms with van der Waals surface area (Å²) in [6, 6.07) is 14.6. The Kier molecular flexibility index (Phi) is 4.86. The number of benzene rings is 2. The molecular weight excluding hydrogens is 324 g/mol. The molecule has 5 heteroatoms. The van der Waals surface area contributed by atoms with E-state index >= 15 is 0 Å². The molecule has 2 aromatic rings. The van der Waals surface area contributed by atoms with Crippen LogP contribution in [-0.2, 0) is 22.6 Å². The number of nitrogens with zero attached hydrogens (tertiary/aromatic N) is 1. The van der Waals surface area contributed by atoms with Crippen LogP contribution in [0.2, 0.25) is 5.02 Å². The Bertz CT molecular complexity index is 775. The van der Waals surface area contributed by atoms with Gasteiger partial charge in [-0.05, 0) is 35.2 Å². The van der Waals surface area contributed by atoms with Gasteiger partial charge in [-0.2, -0.15) is 0 Å². The average molecular weight is 343 g/mol. The number of carbonyl (C=O) groups is 2. The molecule has 24 heavy (non-hydrogen) atoms. The third kappa shape index (κ3) is 3.44. The largest absolute Gasteiger partial charge is 0.350 e. The van der Waals surface area contributed by atoms with E-state index in [1.807, 2.05) is 42.5 Å². The highest BCUT2D eigenvalue weighted by Gasteiger charge is 2.34. The standard InChI is InChI=1S/C19H19ClN2O2/c1-13(23)22-10-9-15-6-2-3-8-17(15)18(22)19(24)21-12-14-5-4-7-16(20)11-14/h2-8,11,18H,9-10,12H2,1H3,(H,21,24)/t18-/m1/s1. The van der Waals surface area contributed by atoms with Gasteiger partial charge in [-0.25, -0.2) is 0 Å². The Balaban J connectivity index is 1.81. The van der Waals surface area contributed by atoms with Crippen molar-refractivity contribution in [3.63, 3.8) is 0 Å². The summed E-state index contributed by atoms with van der Waals surface area (Å²) in [7, 11) is 0. The van der Waals surface area contributed by atoms with Crippen LogP contribution in [0.4, 0.5) is 0 Å². The highest BCUT2D eigenvalue weighted by Crippen LogP contribution is 2.30. The van der Waals surface area contributed by atoms with Crippen LogP contribution in [0.5, 0.6) is 0 Å². The number of nitrogens with one attached hydrogen (secondary N) is 1. The summed E-state index contributed by atoms with van der Waals surface area (Å²) in [6.07, 6.45) is 0.772. The molecule has 1 atom stereocenters. The van der Waals surface area contributed by atoms with Gasteiger partial charge in [0.2, 0.25) is 11.8 Å². The molecule has 0 aromatic heterocycles. The smallest absolute Gasteiger partial charge is 0.247 e. The van der Waals surface area contributed by atoms with Crippen LogP contribution in [0, 0.1) is 0 Å². The van der Waals surface area contributed by atoms with Crippen molar-refractivity contribution in [1.82, 2.24) is 10.2 Å². The zero-order valence-electron chi connectivity index (χ0n) is 13.5. The average Bonchev–Trinajstić information content (AvgIpc) is 2.58. The van der Waals surface area contributed by atoms with Crippen molar-refractivity contribution < 1.29 is 9.59 Å². The predicted octanol–water partition coefficient (Wildman–Crippen LogP) is 3.10. The Morgan fingerprint density at radius 1 is 1.21 bits per heavy atom. The topological polar surface area (TPSA) is 49.4 Å². The summed E-state index contributed by atoms with van der Waals surface area (Å²) in [5, 5.41) is 3.56. The SMILES string of the molecule is CC(=O)N1CCc2ccccc2[C@@H]1C(=O)NCc1cccc(Cl)c1. The zero-order chi connectivity index (χ0) is 17.1. The summed E-state index contributed by atoms with van der Waals surface area (Å²) < 4.78 is 0. The minimum absolute atomic E-state index is 0.0904. The number of amides is 2. The number of halogens is 1. The van der Waals surface area contributed by atoms with Crippen LogP contribution in [0.25, 0.3) is 0 Å². The molecule has 2 aromatic carbocycles. The molecule has 0 radical (unpaired) electrons. The number of fused-ring (bicyclic) bond motifs is 1. The van der Waals surface area contributed by atoms with Gasteiger partial charge < -0.3 is 10.2 Å². The van der Waals surface area contributed by atoms with Crippen molar-refractivity contribution >= 4 is 23.4 Å². The van der Waals surface area contributed by atoms with Crippen molar-refractivity contribution in [3.05, 3.63) is 70.2 Å². The lowest BCUT2D eigenvalue weighted by atomic mass is 9.92. The van der Waals surface area contributed by atoms with E-state index in [-0.39, 0.29) is 11.8 Å². The van der Waals surface area contributed by atoms with Gasteiger partial charge in [-0.15, -0.1) is 0 Å². The van der Waals surface area contributed by atoms with Gasteiger partial charge in [0, 0.05) is 25.0 Å². The summed E-state index contributed by atoms with van der Waals surface area (Å²) >= 11 is 5.97. The molecule has 0 spiro atoms. The van der Waals surface area contributed by atoms with Gasteiger partial charge in [0.1, 0.15) is 6.04 Å². The molecule has 0 aliphatic carbocycles. The van der Waals surface area contributed by atoms with E-state index in [0.29, 0.717) is 18.1 Å². The minimum atomic E-state index is -0.577. The van der Waals surface area contributed by atoms with Crippen molar-refractivity contribution in [2.45, 2.75) is 25.9 Å². The minimum Gasteiger partial charge on any atom is -0.350 e. The first kappa shape index (κ1) is 16.5. The van der Waals surface area contributed by atoms with E-state index in [4.69, 9.17) is 11.6 Å². The van der Waals surface area contributed by atoms with Crippen LogP contribution in [0.15, 0.2) is 48.5 Å². The fraction of sp³-hybridized carbons (Fsp3) is 0.263. The van der Waals surface area contributed by atoms with Gasteiger partial charge >= 0.3 is 0 Å². The molecule has 1 heterocycles. The maximum Gasteiger partial charge on any atom is 0.247 e. The lowest BCUT2D eigenvalue weighted by Crippen LogP contribution is -2.46. The molecular formula is C19H19ClN2O2. The number of hydrogen-bond acceptors (Lipinski definition) is 2. The molecule has 124 valence electrons. The molecule has 0 saturated heterocycles. The third-order valence-corrected chi connectivity index (χ3v) is 4.53. The van der Waals surface area contributed by atoms with E-state index in [9.17, 15) is 9.59 Å². The second-order valence-corrected chi connectivity index (χ2v) is 6.35. The molecule has 0 fully saturated rings. The molecule has 1 aliphatic heterocycles. The van der Waals surface area contributed by atoms with Gasteiger partial charge in [0.25, 0.3) is 0 Å². The second kappa shape index (κ2) is 7.05. The summed E-state index contributed by atoms with van der Waals surface area (Å²) in [4.78, 5) is 26.4. The molecule has 3 rings (SSSR count). The van der Waals surface area contributed by atoms with Gasteiger partial charge in [-0.3, -0.25) is 9.59 Å². The monoisotopic (exact) mass is 342 g/mol. The van der Waals surface area contributed by atoms with Crippen LogP contribution < -0.4 is 5.32 Å². The molecule has 1 aliphatic rings. The number of rotatable bonds is 3. The fourth-order valence-electron chi connectivity index (χ4n) is 3.12. The Morgan fingerprint density at radius 3 is 2.75 bits per heavy atom. The second-order valence-electron chi connectivity index (χ2n) is 5.91. The number of carbonyl (C=O) groups excluding carboxylic acids is 2. The van der Waals surface area contributed by atoms with Crippen molar-refractivity contribution in [2.75, 3.05) is 6.54 Å². The van der Waals surface area contributed by atoms with Crippen molar-refractivity contribution in [1.29, 1.82) is 0 Å². The Hall–Kier alpha value is -2.33. The summed E-state index contributed by atoms with van der Waals surface area (Å²) in [6.45, 7) is 2.44. The lowest BCUT2D eigenvalue weighted by Gasteiger charge is -2.35. The Labute approximate surface area is 146 Å². The van der Waals surface area contributed by atoms with Crippen molar-refractivity contribution in [2.24, 2.45) is 0 Å². The molecule has 1 N–H and O–H groups in total. The summed E-state index contributed by atoms with van der Waals surface area (Å²) in [5.74, 6) is -0.260.